The first-order valence-corrected chi connectivity index (χ1v) is 7.11. The fourth-order valence-electron chi connectivity index (χ4n) is 2.31. The van der Waals surface area contributed by atoms with Crippen LogP contribution in [-0.4, -0.2) is 37.6 Å². The molecule has 2 amide bonds. The summed E-state index contributed by atoms with van der Waals surface area (Å²) < 4.78 is 31.5. The lowest BCUT2D eigenvalue weighted by molar-refractivity contribution is -0.130. The molecule has 0 radical (unpaired) electrons. The number of nitrogens with one attached hydrogen (secondary N) is 1. The molecule has 5 nitrogen and oxygen atoms in total. The van der Waals surface area contributed by atoms with Crippen molar-refractivity contribution in [1.29, 1.82) is 0 Å². The molecule has 1 aliphatic heterocycles. The zero-order valence-corrected chi connectivity index (χ0v) is 12.3. The Morgan fingerprint density at radius 2 is 2.14 bits per heavy atom. The van der Waals surface area contributed by atoms with Crippen molar-refractivity contribution in [3.8, 4) is 0 Å². The Morgan fingerprint density at radius 1 is 1.36 bits per heavy atom. The summed E-state index contributed by atoms with van der Waals surface area (Å²) in [7, 11) is 0. The highest BCUT2D eigenvalue weighted by Crippen LogP contribution is 2.18. The molecule has 2 rings (SSSR count). The SMILES string of the molecule is CC(=O)N(CCNC(=O)C1CCCO1)c1ccc(F)c(F)c1. The van der Waals surface area contributed by atoms with Gasteiger partial charge in [0.05, 0.1) is 0 Å². The lowest BCUT2D eigenvalue weighted by Gasteiger charge is -2.22. The van der Waals surface area contributed by atoms with E-state index in [-0.39, 0.29) is 30.6 Å². The monoisotopic (exact) mass is 312 g/mol. The van der Waals surface area contributed by atoms with E-state index in [2.05, 4.69) is 5.32 Å². The Bertz CT molecular complexity index is 560. The van der Waals surface area contributed by atoms with Gasteiger partial charge in [-0.1, -0.05) is 0 Å². The Morgan fingerprint density at radius 3 is 2.73 bits per heavy atom. The maximum Gasteiger partial charge on any atom is 0.249 e. The zero-order chi connectivity index (χ0) is 16.1. The summed E-state index contributed by atoms with van der Waals surface area (Å²) in [6.45, 7) is 2.27. The summed E-state index contributed by atoms with van der Waals surface area (Å²) in [5.74, 6) is -2.53. The van der Waals surface area contributed by atoms with Crippen molar-refractivity contribution in [2.24, 2.45) is 0 Å². The van der Waals surface area contributed by atoms with Crippen molar-refractivity contribution in [3.63, 3.8) is 0 Å². The number of halogens is 2. The van der Waals surface area contributed by atoms with E-state index in [4.69, 9.17) is 4.74 Å². The number of ether oxygens (including phenoxy) is 1. The van der Waals surface area contributed by atoms with Crippen molar-refractivity contribution in [1.82, 2.24) is 5.32 Å². The van der Waals surface area contributed by atoms with Crippen molar-refractivity contribution in [3.05, 3.63) is 29.8 Å². The van der Waals surface area contributed by atoms with Gasteiger partial charge >= 0.3 is 0 Å². The summed E-state index contributed by atoms with van der Waals surface area (Å²) in [6.07, 6.45) is 1.10. The summed E-state index contributed by atoms with van der Waals surface area (Å²) in [5, 5.41) is 2.68. The van der Waals surface area contributed by atoms with Crippen LogP contribution in [0.15, 0.2) is 18.2 Å². The van der Waals surface area contributed by atoms with Crippen molar-refractivity contribution < 1.29 is 23.1 Å². The third-order valence-electron chi connectivity index (χ3n) is 3.45. The van der Waals surface area contributed by atoms with Crippen LogP contribution in [0.1, 0.15) is 19.8 Å². The van der Waals surface area contributed by atoms with Crippen LogP contribution in [-0.2, 0) is 14.3 Å². The van der Waals surface area contributed by atoms with E-state index in [9.17, 15) is 18.4 Å². The van der Waals surface area contributed by atoms with Gasteiger partial charge < -0.3 is 15.0 Å². The third-order valence-corrected chi connectivity index (χ3v) is 3.45. The number of carbonyl (C=O) groups excluding carboxylic acids is 2. The molecular formula is C15H18F2N2O3. The molecule has 1 saturated heterocycles. The molecule has 1 unspecified atom stereocenters. The minimum Gasteiger partial charge on any atom is -0.368 e. The van der Waals surface area contributed by atoms with Gasteiger partial charge in [-0.15, -0.1) is 0 Å². The largest absolute Gasteiger partial charge is 0.368 e. The highest BCUT2D eigenvalue weighted by Gasteiger charge is 2.23. The maximum absolute atomic E-state index is 13.3. The van der Waals surface area contributed by atoms with Crippen LogP contribution in [0.5, 0.6) is 0 Å². The van der Waals surface area contributed by atoms with Crippen LogP contribution < -0.4 is 10.2 Å². The molecule has 0 spiro atoms. The van der Waals surface area contributed by atoms with Crippen molar-refractivity contribution >= 4 is 17.5 Å². The molecule has 1 atom stereocenters. The smallest absolute Gasteiger partial charge is 0.249 e. The molecule has 0 saturated carbocycles. The summed E-state index contributed by atoms with van der Waals surface area (Å²) in [5.41, 5.74) is 0.248. The lowest BCUT2D eigenvalue weighted by Crippen LogP contribution is -2.41. The minimum atomic E-state index is -1.02. The number of nitrogens with zero attached hydrogens (tertiary/aromatic N) is 1. The van der Waals surface area contributed by atoms with E-state index < -0.39 is 17.7 Å². The van der Waals surface area contributed by atoms with Gasteiger partial charge in [0.25, 0.3) is 0 Å². The molecule has 1 aliphatic rings. The number of hydrogen-bond acceptors (Lipinski definition) is 3. The fraction of sp³-hybridized carbons (Fsp3) is 0.467. The van der Waals surface area contributed by atoms with Crippen molar-refractivity contribution in [2.45, 2.75) is 25.9 Å². The topological polar surface area (TPSA) is 58.6 Å². The molecule has 0 aliphatic carbocycles. The Hall–Kier alpha value is -2.02. The third kappa shape index (κ3) is 4.00. The average molecular weight is 312 g/mol. The number of carbonyl (C=O) groups is 2. The second-order valence-electron chi connectivity index (χ2n) is 5.06. The molecule has 1 N–H and O–H groups in total. The van der Waals surface area contributed by atoms with Gasteiger partial charge in [0, 0.05) is 38.4 Å². The van der Waals surface area contributed by atoms with Gasteiger partial charge in [-0.2, -0.15) is 0 Å². The number of hydrogen-bond donors (Lipinski definition) is 1. The second kappa shape index (κ2) is 7.31. The van der Waals surface area contributed by atoms with E-state index >= 15 is 0 Å². The first kappa shape index (κ1) is 16.4. The van der Waals surface area contributed by atoms with Crippen LogP contribution in [0, 0.1) is 11.6 Å². The van der Waals surface area contributed by atoms with E-state index in [1.807, 2.05) is 0 Å². The van der Waals surface area contributed by atoms with Crippen molar-refractivity contribution in [2.75, 3.05) is 24.6 Å². The van der Waals surface area contributed by atoms with Crippen LogP contribution in [0.25, 0.3) is 0 Å². The molecule has 7 heteroatoms. The molecule has 1 fully saturated rings. The first-order chi connectivity index (χ1) is 10.5. The van der Waals surface area contributed by atoms with Gasteiger partial charge in [-0.3, -0.25) is 9.59 Å². The number of benzene rings is 1. The van der Waals surface area contributed by atoms with E-state index in [1.54, 1.807) is 0 Å². The van der Waals surface area contributed by atoms with Gasteiger partial charge in [0.2, 0.25) is 11.8 Å². The highest BCUT2D eigenvalue weighted by atomic mass is 19.2. The normalized spacial score (nSPS) is 17.3. The summed E-state index contributed by atoms with van der Waals surface area (Å²) >= 11 is 0. The van der Waals surface area contributed by atoms with Crippen LogP contribution in [0.3, 0.4) is 0 Å². The van der Waals surface area contributed by atoms with Gasteiger partial charge in [0.15, 0.2) is 11.6 Å². The Balaban J connectivity index is 1.93. The number of amides is 2. The molecule has 1 aromatic carbocycles. The van der Waals surface area contributed by atoms with E-state index in [0.29, 0.717) is 13.0 Å². The molecule has 0 bridgehead atoms. The standard InChI is InChI=1S/C15H18F2N2O3/c1-10(20)19(11-4-5-12(16)13(17)9-11)7-6-18-15(21)14-3-2-8-22-14/h4-5,9,14H,2-3,6-8H2,1H3,(H,18,21). The quantitative estimate of drug-likeness (QED) is 0.899. The second-order valence-corrected chi connectivity index (χ2v) is 5.06. The fourth-order valence-corrected chi connectivity index (χ4v) is 2.31. The van der Waals surface area contributed by atoms with Gasteiger partial charge in [-0.05, 0) is 25.0 Å². The predicted molar refractivity (Wildman–Crippen MR) is 76.4 cm³/mol. The summed E-state index contributed by atoms with van der Waals surface area (Å²) in [6, 6.07) is 3.24. The zero-order valence-electron chi connectivity index (χ0n) is 12.3. The van der Waals surface area contributed by atoms with Crippen LogP contribution >= 0.6 is 0 Å². The van der Waals surface area contributed by atoms with Gasteiger partial charge in [-0.25, -0.2) is 8.78 Å². The van der Waals surface area contributed by atoms with Gasteiger partial charge in [0.1, 0.15) is 6.10 Å². The van der Waals surface area contributed by atoms with Crippen LogP contribution in [0.4, 0.5) is 14.5 Å². The van der Waals surface area contributed by atoms with Crippen LogP contribution in [0.2, 0.25) is 0 Å². The Kier molecular flexibility index (Phi) is 5.43. The lowest BCUT2D eigenvalue weighted by atomic mass is 10.2. The molecule has 120 valence electrons. The molecule has 22 heavy (non-hydrogen) atoms. The Labute approximate surface area is 127 Å². The predicted octanol–water partition coefficient (Wildman–Crippen LogP) is 1.61. The summed E-state index contributed by atoms with van der Waals surface area (Å²) in [4.78, 5) is 24.7. The highest BCUT2D eigenvalue weighted by molar-refractivity contribution is 5.91. The first-order valence-electron chi connectivity index (χ1n) is 7.11. The number of anilines is 1. The van der Waals surface area contributed by atoms with E-state index in [0.717, 1.165) is 18.6 Å². The molecule has 0 aromatic heterocycles. The van der Waals surface area contributed by atoms with E-state index in [1.165, 1.54) is 17.9 Å². The minimum absolute atomic E-state index is 0.166. The number of rotatable bonds is 5. The molecule has 1 aromatic rings. The maximum atomic E-state index is 13.3. The molecular weight excluding hydrogens is 294 g/mol. The average Bonchev–Trinajstić information content (AvgIpc) is 3.00. The molecule has 1 heterocycles.